The highest BCUT2D eigenvalue weighted by Gasteiger charge is 2.28. The number of carbonyl (C=O) groups excluding carboxylic acids is 1. The Bertz CT molecular complexity index is 1880. The van der Waals surface area contributed by atoms with Gasteiger partial charge in [-0.3, -0.25) is 9.36 Å². The zero-order chi connectivity index (χ0) is 32.1. The SMILES string of the molecule is COc1ccc(CCN(C(=O)Nc2ccc(C)cc2)C(C)c2nc3ccccc3c(=O)n2-c2cc(C)ccc2OC)cc1OC. The van der Waals surface area contributed by atoms with Crippen molar-refractivity contribution in [1.82, 2.24) is 14.5 Å². The Kier molecular flexibility index (Phi) is 9.37. The van der Waals surface area contributed by atoms with E-state index in [2.05, 4.69) is 5.32 Å². The summed E-state index contributed by atoms with van der Waals surface area (Å²) in [5, 5.41) is 3.51. The summed E-state index contributed by atoms with van der Waals surface area (Å²) in [6.45, 7) is 6.16. The van der Waals surface area contributed by atoms with E-state index in [0.717, 1.165) is 16.7 Å². The number of carbonyl (C=O) groups is 1. The number of nitrogens with zero attached hydrogens (tertiary/aromatic N) is 3. The minimum absolute atomic E-state index is 0.245. The first-order chi connectivity index (χ1) is 21.7. The first kappa shape index (κ1) is 31.1. The lowest BCUT2D eigenvalue weighted by Gasteiger charge is -2.31. The fraction of sp³-hybridized carbons (Fsp3) is 0.250. The topological polar surface area (TPSA) is 94.9 Å². The highest BCUT2D eigenvalue weighted by molar-refractivity contribution is 5.89. The number of fused-ring (bicyclic) bond motifs is 1. The quantitative estimate of drug-likeness (QED) is 0.187. The first-order valence-electron chi connectivity index (χ1n) is 14.8. The number of aromatic nitrogens is 2. The third-order valence-electron chi connectivity index (χ3n) is 7.87. The van der Waals surface area contributed by atoms with E-state index >= 15 is 0 Å². The van der Waals surface area contributed by atoms with Crippen LogP contribution in [0.3, 0.4) is 0 Å². The number of aryl methyl sites for hydroxylation is 2. The van der Waals surface area contributed by atoms with Gasteiger partial charge in [-0.2, -0.15) is 0 Å². The van der Waals surface area contributed by atoms with E-state index in [-0.39, 0.29) is 11.6 Å². The highest BCUT2D eigenvalue weighted by atomic mass is 16.5. The third-order valence-corrected chi connectivity index (χ3v) is 7.87. The summed E-state index contributed by atoms with van der Waals surface area (Å²) in [6, 6.07) is 25.3. The largest absolute Gasteiger partial charge is 0.495 e. The van der Waals surface area contributed by atoms with Crippen molar-refractivity contribution in [2.45, 2.75) is 33.2 Å². The lowest BCUT2D eigenvalue weighted by atomic mass is 10.1. The minimum Gasteiger partial charge on any atom is -0.495 e. The van der Waals surface area contributed by atoms with Gasteiger partial charge >= 0.3 is 6.03 Å². The standard InChI is InChI=1S/C36H38N4O5/c1-23-11-15-27(16-12-23)37-36(42)39(20-19-26-14-18-32(44-5)33(22-26)45-6)25(3)34-38-29-10-8-7-9-28(29)35(41)40(34)30-21-24(2)13-17-31(30)43-4/h7-18,21-22,25H,19-20H2,1-6H3,(H,37,42). The monoisotopic (exact) mass is 606 g/mol. The van der Waals surface area contributed by atoms with Crippen LogP contribution in [0.4, 0.5) is 10.5 Å². The number of urea groups is 1. The molecule has 0 saturated heterocycles. The average Bonchev–Trinajstić information content (AvgIpc) is 3.05. The number of anilines is 1. The summed E-state index contributed by atoms with van der Waals surface area (Å²) in [5.74, 6) is 2.17. The second-order valence-electron chi connectivity index (χ2n) is 10.9. The van der Waals surface area contributed by atoms with Crippen LogP contribution in [0.25, 0.3) is 16.6 Å². The Morgan fingerprint density at radius 1 is 0.844 bits per heavy atom. The summed E-state index contributed by atoms with van der Waals surface area (Å²) >= 11 is 0. The van der Waals surface area contributed by atoms with Crippen molar-refractivity contribution in [3.05, 3.63) is 118 Å². The van der Waals surface area contributed by atoms with Crippen LogP contribution in [0.1, 0.15) is 35.5 Å². The second-order valence-corrected chi connectivity index (χ2v) is 10.9. The molecule has 0 fully saturated rings. The van der Waals surface area contributed by atoms with Crippen molar-refractivity contribution in [3.8, 4) is 22.9 Å². The van der Waals surface area contributed by atoms with Crippen LogP contribution in [-0.2, 0) is 6.42 Å². The average molecular weight is 607 g/mol. The third kappa shape index (κ3) is 6.62. The molecule has 5 aromatic rings. The number of para-hydroxylation sites is 1. The summed E-state index contributed by atoms with van der Waals surface area (Å²) in [7, 11) is 4.76. The Morgan fingerprint density at radius 3 is 2.22 bits per heavy atom. The Morgan fingerprint density at radius 2 is 1.51 bits per heavy atom. The summed E-state index contributed by atoms with van der Waals surface area (Å²) in [4.78, 5) is 34.9. The minimum atomic E-state index is -0.627. The van der Waals surface area contributed by atoms with E-state index in [1.54, 1.807) is 36.9 Å². The van der Waals surface area contributed by atoms with Crippen LogP contribution in [0, 0.1) is 13.8 Å². The van der Waals surface area contributed by atoms with E-state index < -0.39 is 6.04 Å². The zero-order valence-electron chi connectivity index (χ0n) is 26.5. The van der Waals surface area contributed by atoms with Crippen molar-refractivity contribution < 1.29 is 19.0 Å². The fourth-order valence-electron chi connectivity index (χ4n) is 5.37. The lowest BCUT2D eigenvalue weighted by Crippen LogP contribution is -2.41. The smallest absolute Gasteiger partial charge is 0.322 e. The number of nitrogens with one attached hydrogen (secondary N) is 1. The molecule has 1 unspecified atom stereocenters. The molecule has 0 aliphatic heterocycles. The van der Waals surface area contributed by atoms with Crippen molar-refractivity contribution >= 4 is 22.6 Å². The van der Waals surface area contributed by atoms with Crippen molar-refractivity contribution in [3.63, 3.8) is 0 Å². The van der Waals surface area contributed by atoms with Gasteiger partial charge in [-0.1, -0.05) is 42.0 Å². The number of benzene rings is 4. The molecule has 1 N–H and O–H groups in total. The number of amides is 2. The van der Waals surface area contributed by atoms with Crippen molar-refractivity contribution in [2.24, 2.45) is 0 Å². The van der Waals surface area contributed by atoms with E-state index in [0.29, 0.717) is 58.3 Å². The summed E-state index contributed by atoms with van der Waals surface area (Å²) in [5.41, 5.74) is 4.52. The molecule has 4 aromatic carbocycles. The highest BCUT2D eigenvalue weighted by Crippen LogP contribution is 2.31. The number of hydrogen-bond donors (Lipinski definition) is 1. The van der Waals surface area contributed by atoms with Gasteiger partial charge < -0.3 is 24.4 Å². The van der Waals surface area contributed by atoms with Gasteiger partial charge in [0.25, 0.3) is 5.56 Å². The molecule has 232 valence electrons. The van der Waals surface area contributed by atoms with Crippen LogP contribution in [0.2, 0.25) is 0 Å². The molecule has 1 heterocycles. The normalized spacial score (nSPS) is 11.6. The number of rotatable bonds is 10. The van der Waals surface area contributed by atoms with Crippen LogP contribution in [-0.4, -0.2) is 48.4 Å². The molecule has 0 bridgehead atoms. The Hall–Kier alpha value is -5.31. The molecule has 0 radical (unpaired) electrons. The molecular weight excluding hydrogens is 568 g/mol. The maximum atomic E-state index is 14.2. The second kappa shape index (κ2) is 13.5. The van der Waals surface area contributed by atoms with Gasteiger partial charge in [-0.05, 0) is 86.8 Å². The van der Waals surface area contributed by atoms with E-state index in [1.807, 2.05) is 99.6 Å². The van der Waals surface area contributed by atoms with Crippen LogP contribution < -0.4 is 25.1 Å². The molecule has 5 rings (SSSR count). The number of methoxy groups -OCH3 is 3. The maximum Gasteiger partial charge on any atom is 0.322 e. The van der Waals surface area contributed by atoms with Crippen LogP contribution in [0.15, 0.2) is 89.7 Å². The first-order valence-corrected chi connectivity index (χ1v) is 14.8. The predicted molar refractivity (Wildman–Crippen MR) is 177 cm³/mol. The molecule has 0 aliphatic rings. The molecule has 0 saturated carbocycles. The molecular formula is C36H38N4O5. The van der Waals surface area contributed by atoms with Gasteiger partial charge in [0.15, 0.2) is 11.5 Å². The Balaban J connectivity index is 1.63. The van der Waals surface area contributed by atoms with Crippen molar-refractivity contribution in [1.29, 1.82) is 0 Å². The van der Waals surface area contributed by atoms with E-state index in [4.69, 9.17) is 19.2 Å². The van der Waals surface area contributed by atoms with Crippen LogP contribution in [0.5, 0.6) is 17.2 Å². The zero-order valence-corrected chi connectivity index (χ0v) is 26.5. The van der Waals surface area contributed by atoms with Gasteiger partial charge in [-0.15, -0.1) is 0 Å². The Labute approximate surface area is 263 Å². The number of ether oxygens (including phenoxy) is 3. The molecule has 0 aliphatic carbocycles. The van der Waals surface area contributed by atoms with Gasteiger partial charge in [0.2, 0.25) is 0 Å². The maximum absolute atomic E-state index is 14.2. The summed E-state index contributed by atoms with van der Waals surface area (Å²) in [6.07, 6.45) is 0.511. The van der Waals surface area contributed by atoms with Crippen LogP contribution >= 0.6 is 0 Å². The predicted octanol–water partition coefficient (Wildman–Crippen LogP) is 6.87. The molecule has 9 heteroatoms. The molecule has 9 nitrogen and oxygen atoms in total. The van der Waals surface area contributed by atoms with E-state index in [9.17, 15) is 9.59 Å². The van der Waals surface area contributed by atoms with E-state index in [1.165, 1.54) is 0 Å². The van der Waals surface area contributed by atoms with Gasteiger partial charge in [0.05, 0.1) is 44.0 Å². The molecule has 0 spiro atoms. The van der Waals surface area contributed by atoms with Crippen molar-refractivity contribution in [2.75, 3.05) is 33.2 Å². The molecule has 45 heavy (non-hydrogen) atoms. The summed E-state index contributed by atoms with van der Waals surface area (Å²) < 4.78 is 18.2. The lowest BCUT2D eigenvalue weighted by molar-refractivity contribution is 0.190. The molecule has 1 aromatic heterocycles. The van der Waals surface area contributed by atoms with Gasteiger partial charge in [0.1, 0.15) is 11.6 Å². The van der Waals surface area contributed by atoms with Gasteiger partial charge in [0, 0.05) is 12.2 Å². The molecule has 1 atom stereocenters. The van der Waals surface area contributed by atoms with Gasteiger partial charge in [-0.25, -0.2) is 9.78 Å². The molecule has 2 amide bonds. The number of hydrogen-bond acceptors (Lipinski definition) is 6. The fourth-order valence-corrected chi connectivity index (χ4v) is 5.37.